The van der Waals surface area contributed by atoms with Crippen molar-refractivity contribution in [2.24, 2.45) is 0 Å². The van der Waals surface area contributed by atoms with Crippen LogP contribution in [0.2, 0.25) is 10.0 Å². The molecule has 2 aromatic heterocycles. The molecule has 14 nitrogen and oxygen atoms in total. The third kappa shape index (κ3) is 12.2. The van der Waals surface area contributed by atoms with E-state index in [0.717, 1.165) is 22.3 Å². The van der Waals surface area contributed by atoms with Crippen LogP contribution in [0.4, 0.5) is 0 Å². The number of carbonyl (C=O) groups excluding carboxylic acids is 2. The summed E-state index contributed by atoms with van der Waals surface area (Å²) in [6.07, 6.45) is 5.96. The third-order valence-electron chi connectivity index (χ3n) is 12.5. The second-order valence-electron chi connectivity index (χ2n) is 17.6. The standard InChI is InChI=1S/2C29H27ClN3O4P/c2*1-18-14-20(6-5-13-31)16-24(15-18)38(35,37-4)28-25-17-22(30)9-12-26(25)33-27(28)29(34)32-19(2)21-7-10-23(36-3)11-8-21/h2*5-12,14-17,19,33H,1-4H3,(H,32,34)/b2*6-5+/t19-,38+;19-,38-/m11/s1. The van der Waals surface area contributed by atoms with E-state index in [1.807, 2.05) is 100 Å². The lowest BCUT2D eigenvalue weighted by molar-refractivity contribution is 0.0928. The van der Waals surface area contributed by atoms with Gasteiger partial charge in [-0.25, -0.2) is 0 Å². The summed E-state index contributed by atoms with van der Waals surface area (Å²) in [4.78, 5) is 33.6. The lowest BCUT2D eigenvalue weighted by atomic mass is 10.1. The Kier molecular flexibility index (Phi) is 18.0. The summed E-state index contributed by atoms with van der Waals surface area (Å²) in [5, 5.41) is 27.1. The Bertz CT molecular complexity index is 3480. The number of H-pyrrole nitrogens is 2. The third-order valence-corrected chi connectivity index (χ3v) is 18.0. The largest absolute Gasteiger partial charge is 0.497 e. The zero-order chi connectivity index (χ0) is 54.9. The van der Waals surface area contributed by atoms with E-state index in [1.54, 1.807) is 87.0 Å². The molecule has 0 aliphatic heterocycles. The molecule has 2 amide bonds. The van der Waals surface area contributed by atoms with E-state index in [-0.39, 0.29) is 34.1 Å². The SMILES string of the molecule is COc1ccc([C@@H](C)NC(=O)c2[nH]c3ccc(Cl)cc3c2[P@@](=O)(OC)c2cc(C)cc(/C=C/C#N)c2)cc1.COc1ccc([C@@H](C)NC(=O)c2[nH]c3ccc(Cl)cc3c2[P@](=O)(OC)c2cc(C)cc(/C=C/C#N)c2)cc1. The zero-order valence-corrected chi connectivity index (χ0v) is 46.1. The van der Waals surface area contributed by atoms with Crippen LogP contribution in [-0.4, -0.2) is 50.2 Å². The number of hydrogen-bond acceptors (Lipinski definition) is 10. The molecule has 18 heteroatoms. The molecule has 76 heavy (non-hydrogen) atoms. The van der Waals surface area contributed by atoms with Crippen molar-refractivity contribution in [1.82, 2.24) is 20.6 Å². The van der Waals surface area contributed by atoms with Crippen LogP contribution in [0, 0.1) is 36.5 Å². The highest BCUT2D eigenvalue weighted by Gasteiger charge is 2.38. The van der Waals surface area contributed by atoms with Crippen molar-refractivity contribution in [2.45, 2.75) is 39.8 Å². The minimum Gasteiger partial charge on any atom is -0.497 e. The number of benzene rings is 6. The monoisotopic (exact) mass is 1090 g/mol. The predicted molar refractivity (Wildman–Crippen MR) is 304 cm³/mol. The fourth-order valence-electron chi connectivity index (χ4n) is 8.76. The molecule has 388 valence electrons. The number of nitrogens with one attached hydrogen (secondary N) is 4. The lowest BCUT2D eigenvalue weighted by Gasteiger charge is -2.20. The average molecular weight is 1100 g/mol. The van der Waals surface area contributed by atoms with Crippen LogP contribution in [-0.2, 0) is 18.2 Å². The maximum absolute atomic E-state index is 14.7. The molecule has 0 bridgehead atoms. The van der Waals surface area contributed by atoms with Crippen LogP contribution in [0.1, 0.15) is 80.3 Å². The van der Waals surface area contributed by atoms with Crippen molar-refractivity contribution in [3.05, 3.63) is 188 Å². The van der Waals surface area contributed by atoms with Crippen LogP contribution >= 0.6 is 37.9 Å². The fraction of sp³-hybridized carbons (Fsp3) is 0.172. The lowest BCUT2D eigenvalue weighted by Crippen LogP contribution is -2.32. The summed E-state index contributed by atoms with van der Waals surface area (Å²) < 4.78 is 51.4. The Morgan fingerprint density at radius 1 is 0.566 bits per heavy atom. The average Bonchev–Trinajstić information content (AvgIpc) is 4.00. The molecule has 4 N–H and O–H groups in total. The molecule has 0 spiro atoms. The number of aryl methyl sites for hydroxylation is 2. The molecule has 0 aliphatic rings. The number of halogens is 2. The van der Waals surface area contributed by atoms with Crippen molar-refractivity contribution < 1.29 is 37.2 Å². The Labute approximate surface area is 451 Å². The van der Waals surface area contributed by atoms with Crippen LogP contribution < -0.4 is 41.3 Å². The van der Waals surface area contributed by atoms with Gasteiger partial charge in [0, 0.05) is 68.8 Å². The summed E-state index contributed by atoms with van der Waals surface area (Å²) in [6.45, 7) is 7.46. The molecule has 0 saturated heterocycles. The van der Waals surface area contributed by atoms with Crippen molar-refractivity contribution in [2.75, 3.05) is 28.4 Å². The molecule has 6 aromatic carbocycles. The molecule has 0 aliphatic carbocycles. The summed E-state index contributed by atoms with van der Waals surface area (Å²) in [5.41, 5.74) is 6.24. The van der Waals surface area contributed by atoms with Gasteiger partial charge in [-0.15, -0.1) is 0 Å². The van der Waals surface area contributed by atoms with Gasteiger partial charge >= 0.3 is 0 Å². The van der Waals surface area contributed by atoms with Gasteiger partial charge in [-0.2, -0.15) is 10.5 Å². The van der Waals surface area contributed by atoms with Crippen LogP contribution in [0.5, 0.6) is 11.5 Å². The second kappa shape index (κ2) is 24.4. The van der Waals surface area contributed by atoms with Crippen molar-refractivity contribution in [1.29, 1.82) is 10.5 Å². The van der Waals surface area contributed by atoms with Crippen molar-refractivity contribution >= 4 is 105 Å². The summed E-state index contributed by atoms with van der Waals surface area (Å²) in [5.74, 6) is 0.547. The van der Waals surface area contributed by atoms with Crippen molar-refractivity contribution in [3.63, 3.8) is 0 Å². The summed E-state index contributed by atoms with van der Waals surface area (Å²) >= 11 is 12.6. The molecule has 8 rings (SSSR count). The van der Waals surface area contributed by atoms with Crippen LogP contribution in [0.25, 0.3) is 34.0 Å². The Hall–Kier alpha value is -7.64. The van der Waals surface area contributed by atoms with E-state index >= 15 is 0 Å². The van der Waals surface area contributed by atoms with Gasteiger partial charge in [0.05, 0.1) is 49.1 Å². The number of hydrogen-bond donors (Lipinski definition) is 4. The number of ether oxygens (including phenoxy) is 2. The molecule has 8 aromatic rings. The highest BCUT2D eigenvalue weighted by Crippen LogP contribution is 2.49. The smallest absolute Gasteiger partial charge is 0.269 e. The van der Waals surface area contributed by atoms with Gasteiger partial charge in [0.15, 0.2) is 0 Å². The Morgan fingerprint density at radius 2 is 0.934 bits per heavy atom. The van der Waals surface area contributed by atoms with Gasteiger partial charge in [0.1, 0.15) is 22.9 Å². The highest BCUT2D eigenvalue weighted by molar-refractivity contribution is 7.75. The van der Waals surface area contributed by atoms with Gasteiger partial charge < -0.3 is 39.1 Å². The number of carbonyl (C=O) groups is 2. The van der Waals surface area contributed by atoms with E-state index in [4.69, 9.17) is 52.2 Å². The van der Waals surface area contributed by atoms with Gasteiger partial charge in [0.2, 0.25) is 0 Å². The second-order valence-corrected chi connectivity index (χ2v) is 23.3. The number of allylic oxidation sites excluding steroid dienone is 2. The first-order chi connectivity index (χ1) is 36.4. The zero-order valence-electron chi connectivity index (χ0n) is 42.8. The predicted octanol–water partition coefficient (Wildman–Crippen LogP) is 12.1. The van der Waals surface area contributed by atoms with Crippen molar-refractivity contribution in [3.8, 4) is 23.6 Å². The van der Waals surface area contributed by atoms with E-state index in [2.05, 4.69) is 20.6 Å². The molecule has 4 atom stereocenters. The number of aromatic amines is 2. The molecule has 0 unspecified atom stereocenters. The topological polar surface area (TPSA) is 208 Å². The molecule has 0 saturated carbocycles. The quantitative estimate of drug-likeness (QED) is 0.0531. The molecule has 0 fully saturated rings. The van der Waals surface area contributed by atoms with Gasteiger partial charge in [-0.3, -0.25) is 18.7 Å². The number of fused-ring (bicyclic) bond motifs is 2. The number of nitriles is 2. The first-order valence-corrected chi connectivity index (χ1v) is 27.6. The van der Waals surface area contributed by atoms with Crippen LogP contribution in [0.15, 0.2) is 133 Å². The van der Waals surface area contributed by atoms with Gasteiger partial charge in [-0.1, -0.05) is 59.6 Å². The van der Waals surface area contributed by atoms with E-state index in [0.29, 0.717) is 65.1 Å². The Balaban J connectivity index is 0.000000221. The maximum atomic E-state index is 14.7. The minimum absolute atomic E-state index is 0.128. The first-order valence-electron chi connectivity index (χ1n) is 23.6. The number of amides is 2. The first kappa shape index (κ1) is 56.1. The Morgan fingerprint density at radius 3 is 1.26 bits per heavy atom. The molecular formula is C58H54Cl2N6O8P2. The van der Waals surface area contributed by atoms with E-state index in [9.17, 15) is 18.7 Å². The highest BCUT2D eigenvalue weighted by atomic mass is 35.5. The van der Waals surface area contributed by atoms with E-state index in [1.165, 1.54) is 26.4 Å². The minimum atomic E-state index is -3.81. The van der Waals surface area contributed by atoms with Gasteiger partial charge in [-0.05, 0) is 158 Å². The molecule has 0 radical (unpaired) electrons. The molecular weight excluding hydrogens is 1040 g/mol. The van der Waals surface area contributed by atoms with Gasteiger partial charge in [0.25, 0.3) is 26.6 Å². The number of nitrogens with zero attached hydrogens (tertiary/aromatic N) is 2. The number of rotatable bonds is 16. The molecule has 2 heterocycles. The normalized spacial score (nSPS) is 13.7. The maximum Gasteiger partial charge on any atom is 0.269 e. The summed E-state index contributed by atoms with van der Waals surface area (Å²) in [6, 6.07) is 38.9. The summed E-state index contributed by atoms with van der Waals surface area (Å²) in [7, 11) is -1.72. The number of aromatic nitrogens is 2. The fourth-order valence-corrected chi connectivity index (χ4v) is 13.7. The number of methoxy groups -OCH3 is 2. The van der Waals surface area contributed by atoms with E-state index < -0.39 is 26.6 Å². The van der Waals surface area contributed by atoms with Crippen LogP contribution in [0.3, 0.4) is 0 Å².